The van der Waals surface area contributed by atoms with Crippen LogP contribution in [0.3, 0.4) is 0 Å². The molecule has 1 heterocycles. The number of thiophene rings is 1. The van der Waals surface area contributed by atoms with Crippen LogP contribution in [0.25, 0.3) is 0 Å². The Labute approximate surface area is 157 Å². The minimum Gasteiger partial charge on any atom is -0.356 e. The van der Waals surface area contributed by atoms with E-state index in [1.54, 1.807) is 37.6 Å². The van der Waals surface area contributed by atoms with Crippen LogP contribution in [0.15, 0.2) is 46.8 Å². The van der Waals surface area contributed by atoms with Gasteiger partial charge in [-0.2, -0.15) is 0 Å². The third kappa shape index (κ3) is 7.23. The number of hydrogen-bond donors (Lipinski definition) is 2. The molecular weight excluding hydrogens is 351 g/mol. The van der Waals surface area contributed by atoms with Crippen LogP contribution in [-0.4, -0.2) is 50.5 Å². The predicted octanol–water partition coefficient (Wildman–Crippen LogP) is 2.30. The van der Waals surface area contributed by atoms with Crippen molar-refractivity contribution in [1.82, 2.24) is 15.5 Å². The number of rotatable bonds is 8. The first kappa shape index (κ1) is 19.9. The lowest BCUT2D eigenvalue weighted by Gasteiger charge is -2.13. The van der Waals surface area contributed by atoms with Crippen molar-refractivity contribution in [1.29, 1.82) is 0 Å². The first-order valence-corrected chi connectivity index (χ1v) is 9.41. The Morgan fingerprint density at radius 1 is 1.12 bits per heavy atom. The molecule has 0 fully saturated rings. The Hall–Kier alpha value is -2.41. The number of guanidine groups is 1. The maximum Gasteiger partial charge on any atom is 0.243 e. The number of benzene rings is 1. The summed E-state index contributed by atoms with van der Waals surface area (Å²) in [5, 5.41) is 8.55. The van der Waals surface area contributed by atoms with Crippen molar-refractivity contribution < 1.29 is 9.18 Å². The molecule has 0 aliphatic rings. The first-order valence-electron chi connectivity index (χ1n) is 8.54. The Balaban J connectivity index is 1.85. The molecule has 2 aromatic rings. The summed E-state index contributed by atoms with van der Waals surface area (Å²) < 4.78 is 13.0. The molecule has 5 nitrogen and oxygen atoms in total. The molecule has 0 aliphatic heterocycles. The normalized spacial score (nSPS) is 11.3. The fourth-order valence-electron chi connectivity index (χ4n) is 2.20. The SMILES string of the molecule is CN(C)C(=O)CN=C(NCCc1ccc(F)cc1)NCCc1cccs1. The number of aliphatic imine (C=N–C) groups is 1. The lowest BCUT2D eigenvalue weighted by molar-refractivity contribution is -0.127. The summed E-state index contributed by atoms with van der Waals surface area (Å²) in [6.45, 7) is 1.48. The average Bonchev–Trinajstić information content (AvgIpc) is 3.14. The molecule has 7 heteroatoms. The molecule has 0 saturated carbocycles. The number of nitrogens with one attached hydrogen (secondary N) is 2. The summed E-state index contributed by atoms with van der Waals surface area (Å²) in [6, 6.07) is 10.6. The van der Waals surface area contributed by atoms with Crippen LogP contribution >= 0.6 is 11.3 Å². The van der Waals surface area contributed by atoms with Gasteiger partial charge in [0.15, 0.2) is 5.96 Å². The monoisotopic (exact) mass is 376 g/mol. The summed E-state index contributed by atoms with van der Waals surface area (Å²) in [7, 11) is 3.42. The second-order valence-corrected chi connectivity index (χ2v) is 7.04. The zero-order chi connectivity index (χ0) is 18.8. The van der Waals surface area contributed by atoms with Gasteiger partial charge in [0.25, 0.3) is 0 Å². The molecule has 0 atom stereocenters. The lowest BCUT2D eigenvalue weighted by atomic mass is 10.1. The third-order valence-electron chi connectivity index (χ3n) is 3.73. The molecule has 1 aromatic carbocycles. The molecule has 1 amide bonds. The minimum absolute atomic E-state index is 0.0529. The molecule has 0 spiro atoms. The minimum atomic E-state index is -0.235. The zero-order valence-corrected chi connectivity index (χ0v) is 16.0. The maximum absolute atomic E-state index is 13.0. The van der Waals surface area contributed by atoms with Crippen molar-refractivity contribution in [3.8, 4) is 0 Å². The second kappa shape index (κ2) is 10.6. The Kier molecular flexibility index (Phi) is 8.08. The van der Waals surface area contributed by atoms with E-state index >= 15 is 0 Å². The summed E-state index contributed by atoms with van der Waals surface area (Å²) in [5.41, 5.74) is 1.04. The lowest BCUT2D eigenvalue weighted by Crippen LogP contribution is -2.40. The molecule has 1 aromatic heterocycles. The van der Waals surface area contributed by atoms with Gasteiger partial charge in [0.05, 0.1) is 0 Å². The summed E-state index contributed by atoms with van der Waals surface area (Å²) in [6.07, 6.45) is 1.64. The van der Waals surface area contributed by atoms with Gasteiger partial charge < -0.3 is 15.5 Å². The van der Waals surface area contributed by atoms with Crippen LogP contribution in [0.5, 0.6) is 0 Å². The standard InChI is InChI=1S/C19H25FN4OS/c1-24(2)18(25)14-23-19(22-12-10-17-4-3-13-26-17)21-11-9-15-5-7-16(20)8-6-15/h3-8,13H,9-12,14H2,1-2H3,(H2,21,22,23). The number of hydrogen-bond acceptors (Lipinski definition) is 3. The Morgan fingerprint density at radius 2 is 1.81 bits per heavy atom. The smallest absolute Gasteiger partial charge is 0.243 e. The van der Waals surface area contributed by atoms with E-state index in [9.17, 15) is 9.18 Å². The quantitative estimate of drug-likeness (QED) is 0.549. The maximum atomic E-state index is 13.0. The van der Waals surface area contributed by atoms with Crippen LogP contribution in [-0.2, 0) is 17.6 Å². The van der Waals surface area contributed by atoms with Crippen molar-refractivity contribution in [2.45, 2.75) is 12.8 Å². The number of amides is 1. The van der Waals surface area contributed by atoms with Gasteiger partial charge in [0, 0.05) is 32.1 Å². The van der Waals surface area contributed by atoms with Gasteiger partial charge in [0.1, 0.15) is 12.4 Å². The van der Waals surface area contributed by atoms with Gasteiger partial charge in [-0.25, -0.2) is 9.38 Å². The molecular formula is C19H25FN4OS. The second-order valence-electron chi connectivity index (χ2n) is 6.01. The van der Waals surface area contributed by atoms with Gasteiger partial charge in [-0.05, 0) is 42.0 Å². The summed E-state index contributed by atoms with van der Waals surface area (Å²) in [5.74, 6) is 0.322. The molecule has 140 valence electrons. The summed E-state index contributed by atoms with van der Waals surface area (Å²) in [4.78, 5) is 18.9. The predicted molar refractivity (Wildman–Crippen MR) is 105 cm³/mol. The highest BCUT2D eigenvalue weighted by Gasteiger charge is 2.05. The first-order chi connectivity index (χ1) is 12.5. The van der Waals surface area contributed by atoms with E-state index in [0.717, 1.165) is 24.9 Å². The number of halogens is 1. The third-order valence-corrected chi connectivity index (χ3v) is 4.67. The Bertz CT molecular complexity index is 699. The highest BCUT2D eigenvalue weighted by molar-refractivity contribution is 7.09. The molecule has 0 bridgehead atoms. The van der Waals surface area contributed by atoms with Gasteiger partial charge >= 0.3 is 0 Å². The van der Waals surface area contributed by atoms with Crippen LogP contribution in [0.2, 0.25) is 0 Å². The molecule has 2 rings (SSSR count). The van der Waals surface area contributed by atoms with Crippen LogP contribution in [0.1, 0.15) is 10.4 Å². The van der Waals surface area contributed by atoms with E-state index in [-0.39, 0.29) is 18.3 Å². The number of carbonyl (C=O) groups is 1. The van der Waals surface area contributed by atoms with Crippen molar-refractivity contribution in [2.24, 2.45) is 4.99 Å². The molecule has 0 aliphatic carbocycles. The largest absolute Gasteiger partial charge is 0.356 e. The van der Waals surface area contributed by atoms with Crippen molar-refractivity contribution in [3.05, 3.63) is 58.0 Å². The molecule has 0 radical (unpaired) electrons. The van der Waals surface area contributed by atoms with Crippen LogP contribution in [0.4, 0.5) is 4.39 Å². The van der Waals surface area contributed by atoms with E-state index in [2.05, 4.69) is 27.1 Å². The van der Waals surface area contributed by atoms with Crippen molar-refractivity contribution in [2.75, 3.05) is 33.7 Å². The fourth-order valence-corrected chi connectivity index (χ4v) is 2.91. The zero-order valence-electron chi connectivity index (χ0n) is 15.2. The molecule has 2 N–H and O–H groups in total. The van der Waals surface area contributed by atoms with Gasteiger partial charge in [-0.1, -0.05) is 18.2 Å². The number of nitrogens with zero attached hydrogens (tertiary/aromatic N) is 2. The highest BCUT2D eigenvalue weighted by Crippen LogP contribution is 2.08. The fraction of sp³-hybridized carbons (Fsp3) is 0.368. The molecule has 0 saturated heterocycles. The van der Waals surface area contributed by atoms with Crippen molar-refractivity contribution in [3.63, 3.8) is 0 Å². The summed E-state index contributed by atoms with van der Waals surface area (Å²) >= 11 is 1.72. The highest BCUT2D eigenvalue weighted by atomic mass is 32.1. The molecule has 26 heavy (non-hydrogen) atoms. The van der Waals surface area contributed by atoms with E-state index in [0.29, 0.717) is 12.5 Å². The van der Waals surface area contributed by atoms with E-state index in [4.69, 9.17) is 0 Å². The Morgan fingerprint density at radius 3 is 2.42 bits per heavy atom. The van der Waals surface area contributed by atoms with E-state index in [1.807, 2.05) is 6.07 Å². The van der Waals surface area contributed by atoms with Gasteiger partial charge in [-0.15, -0.1) is 11.3 Å². The molecule has 0 unspecified atom stereocenters. The topological polar surface area (TPSA) is 56.7 Å². The van der Waals surface area contributed by atoms with E-state index in [1.165, 1.54) is 21.9 Å². The number of carbonyl (C=O) groups excluding carboxylic acids is 1. The van der Waals surface area contributed by atoms with Gasteiger partial charge in [-0.3, -0.25) is 4.79 Å². The van der Waals surface area contributed by atoms with Crippen LogP contribution < -0.4 is 10.6 Å². The average molecular weight is 377 g/mol. The van der Waals surface area contributed by atoms with Crippen molar-refractivity contribution >= 4 is 23.2 Å². The van der Waals surface area contributed by atoms with Gasteiger partial charge in [0.2, 0.25) is 5.91 Å². The number of likely N-dealkylation sites (N-methyl/N-ethyl adjacent to an activating group) is 1. The van der Waals surface area contributed by atoms with E-state index < -0.39 is 0 Å². The van der Waals surface area contributed by atoms with Crippen LogP contribution in [0, 0.1) is 5.82 Å².